The van der Waals surface area contributed by atoms with Crippen molar-refractivity contribution in [1.82, 2.24) is 20.0 Å². The predicted octanol–water partition coefficient (Wildman–Crippen LogP) is 9.99. The number of imide groups is 1. The van der Waals surface area contributed by atoms with Crippen molar-refractivity contribution in [3.63, 3.8) is 0 Å². The number of H-pyrrole nitrogens is 1. The van der Waals surface area contributed by atoms with Crippen molar-refractivity contribution in [2.75, 3.05) is 0 Å². The number of aromatic amines is 1. The summed E-state index contributed by atoms with van der Waals surface area (Å²) in [6.07, 6.45) is 2.47. The standard InChI is InChI=1S/C35H40N4O3.2C2H6/c1-7-21(8-2)37-39-33(40)29-27-22-14-10-12-16-24(22)36-31(27)32-28(30(29)34(39)41)23-15-11-13-17-25(23)38(32)35-20(6)18(4)19(5)26(9-3)42-35;2*1-2/h10-21,26,35-37H,7-9H2,1-6H3;2*1-2H3. The number of carbonyl (C=O) groups is 2. The number of fused-ring (bicyclic) bond motifs is 10. The van der Waals surface area contributed by atoms with Crippen molar-refractivity contribution in [2.45, 2.75) is 107 Å². The van der Waals surface area contributed by atoms with Crippen LogP contribution in [0.25, 0.3) is 43.6 Å². The van der Waals surface area contributed by atoms with E-state index in [2.05, 4.69) is 68.7 Å². The van der Waals surface area contributed by atoms with Crippen LogP contribution in [0.3, 0.4) is 0 Å². The molecule has 7 heteroatoms. The molecule has 2 aliphatic rings. The van der Waals surface area contributed by atoms with Crippen molar-refractivity contribution in [3.8, 4) is 0 Å². The van der Waals surface area contributed by atoms with Gasteiger partial charge < -0.3 is 14.3 Å². The number of hydrazine groups is 1. The molecule has 5 aromatic rings. The summed E-state index contributed by atoms with van der Waals surface area (Å²) in [4.78, 5) is 32.3. The summed E-state index contributed by atoms with van der Waals surface area (Å²) >= 11 is 0. The molecule has 4 heterocycles. The molecule has 2 aliphatic heterocycles. The molecule has 7 nitrogen and oxygen atoms in total. The second kappa shape index (κ2) is 13.6. The fraction of sp³-hybridized carbons (Fsp3) is 0.487. The van der Waals surface area contributed by atoms with Crippen molar-refractivity contribution in [3.05, 3.63) is 59.7 Å². The van der Waals surface area contributed by atoms with Crippen molar-refractivity contribution < 1.29 is 14.3 Å². The zero-order chi connectivity index (χ0) is 33.4. The molecule has 5 unspecified atom stereocenters. The molecule has 0 radical (unpaired) electrons. The Bertz CT molecular complexity index is 1880. The summed E-state index contributed by atoms with van der Waals surface area (Å²) in [7, 11) is 0. The SMILES string of the molecule is CC.CC.CCC(CC)NN1C(=O)c2c(c3c4ccccc4n(C4OC(CC)C(C)C(C)C4C)c3c3[nH]c4ccccc4c23)C1=O. The lowest BCUT2D eigenvalue weighted by atomic mass is 9.77. The number of aromatic nitrogens is 2. The van der Waals surface area contributed by atoms with E-state index < -0.39 is 0 Å². The normalized spacial score (nSPS) is 22.8. The van der Waals surface area contributed by atoms with Gasteiger partial charge in [0.25, 0.3) is 11.8 Å². The molecule has 2 aromatic heterocycles. The summed E-state index contributed by atoms with van der Waals surface area (Å²) in [6.45, 7) is 21.2. The Balaban J connectivity index is 0.00000100. The summed E-state index contributed by atoms with van der Waals surface area (Å²) in [5.41, 5.74) is 8.00. The fourth-order valence-corrected chi connectivity index (χ4v) is 7.64. The van der Waals surface area contributed by atoms with Gasteiger partial charge in [0.15, 0.2) is 0 Å². The topological polar surface area (TPSA) is 79.4 Å². The molecule has 5 atom stereocenters. The zero-order valence-corrected chi connectivity index (χ0v) is 29.3. The van der Waals surface area contributed by atoms with Crippen molar-refractivity contribution in [2.24, 2.45) is 17.8 Å². The lowest BCUT2D eigenvalue weighted by molar-refractivity contribution is -0.164. The molecule has 1 fully saturated rings. The minimum absolute atomic E-state index is 0.0217. The number of nitrogens with zero attached hydrogens (tertiary/aromatic N) is 2. The highest BCUT2D eigenvalue weighted by Gasteiger charge is 2.45. The third kappa shape index (κ3) is 4.94. The minimum Gasteiger partial charge on any atom is -0.354 e. The lowest BCUT2D eigenvalue weighted by Gasteiger charge is -2.44. The fourth-order valence-electron chi connectivity index (χ4n) is 7.64. The number of hydrogen-bond donors (Lipinski definition) is 2. The first-order chi connectivity index (χ1) is 22.3. The number of carbonyl (C=O) groups excluding carboxylic acids is 2. The second-order valence-electron chi connectivity index (χ2n) is 12.4. The molecule has 246 valence electrons. The molecule has 3 aromatic carbocycles. The molecular weight excluding hydrogens is 572 g/mol. The Hall–Kier alpha value is -3.68. The number of benzene rings is 3. The van der Waals surface area contributed by atoms with E-state index in [4.69, 9.17) is 4.74 Å². The number of nitrogens with one attached hydrogen (secondary N) is 2. The van der Waals surface area contributed by atoms with Gasteiger partial charge in [0.05, 0.1) is 33.8 Å². The number of amides is 2. The predicted molar refractivity (Wildman–Crippen MR) is 191 cm³/mol. The molecule has 46 heavy (non-hydrogen) atoms. The van der Waals surface area contributed by atoms with Crippen LogP contribution in [-0.4, -0.2) is 38.5 Å². The summed E-state index contributed by atoms with van der Waals surface area (Å²) in [5.74, 6) is 0.551. The first-order valence-corrected chi connectivity index (χ1v) is 17.6. The monoisotopic (exact) mass is 624 g/mol. The largest absolute Gasteiger partial charge is 0.354 e. The maximum absolute atomic E-state index is 14.4. The highest BCUT2D eigenvalue weighted by Crippen LogP contribution is 2.49. The maximum Gasteiger partial charge on any atom is 0.276 e. The Morgan fingerprint density at radius 1 is 0.783 bits per heavy atom. The van der Waals surface area contributed by atoms with E-state index in [0.29, 0.717) is 23.0 Å². The molecule has 0 aliphatic carbocycles. The second-order valence-corrected chi connectivity index (χ2v) is 12.4. The van der Waals surface area contributed by atoms with E-state index in [1.165, 1.54) is 5.01 Å². The van der Waals surface area contributed by atoms with Crippen LogP contribution < -0.4 is 5.43 Å². The van der Waals surface area contributed by atoms with Gasteiger partial charge in [-0.3, -0.25) is 9.59 Å². The Kier molecular flexibility index (Phi) is 9.95. The smallest absolute Gasteiger partial charge is 0.276 e. The summed E-state index contributed by atoms with van der Waals surface area (Å²) < 4.78 is 9.29. The van der Waals surface area contributed by atoms with Crippen molar-refractivity contribution in [1.29, 1.82) is 0 Å². The van der Waals surface area contributed by atoms with Crippen LogP contribution in [0.1, 0.15) is 115 Å². The molecule has 7 rings (SSSR count). The molecule has 2 N–H and O–H groups in total. The quantitative estimate of drug-likeness (QED) is 0.184. The average Bonchev–Trinajstić information content (AvgIpc) is 3.72. The van der Waals surface area contributed by atoms with Gasteiger partial charge in [0, 0.05) is 39.0 Å². The van der Waals surface area contributed by atoms with Crippen LogP contribution in [-0.2, 0) is 4.74 Å². The van der Waals surface area contributed by atoms with Crippen LogP contribution in [0, 0.1) is 17.8 Å². The Morgan fingerprint density at radius 3 is 2.00 bits per heavy atom. The average molecular weight is 625 g/mol. The Morgan fingerprint density at radius 2 is 1.37 bits per heavy atom. The van der Waals surface area contributed by atoms with Crippen LogP contribution in [0.2, 0.25) is 0 Å². The first kappa shape index (κ1) is 33.7. The highest BCUT2D eigenvalue weighted by molar-refractivity contribution is 6.39. The minimum atomic E-state index is -0.286. The number of hydrogen-bond acceptors (Lipinski definition) is 4. The van der Waals surface area contributed by atoms with Gasteiger partial charge in [-0.2, -0.15) is 0 Å². The molecule has 0 bridgehead atoms. The van der Waals surface area contributed by atoms with Gasteiger partial charge in [-0.25, -0.2) is 10.4 Å². The van der Waals surface area contributed by atoms with Gasteiger partial charge in [-0.15, -0.1) is 0 Å². The Labute approximate surface area is 273 Å². The number of ether oxygens (including phenoxy) is 1. The molecular formula is C39H52N4O3. The maximum atomic E-state index is 14.4. The third-order valence-corrected chi connectivity index (χ3v) is 10.4. The lowest BCUT2D eigenvalue weighted by Crippen LogP contribution is -2.47. The third-order valence-electron chi connectivity index (χ3n) is 10.4. The summed E-state index contributed by atoms with van der Waals surface area (Å²) in [6, 6.07) is 16.4. The van der Waals surface area contributed by atoms with E-state index >= 15 is 0 Å². The first-order valence-electron chi connectivity index (χ1n) is 17.6. The van der Waals surface area contributed by atoms with Gasteiger partial charge in [-0.1, -0.05) is 106 Å². The van der Waals surface area contributed by atoms with Crippen LogP contribution in [0.4, 0.5) is 0 Å². The van der Waals surface area contributed by atoms with Crippen LogP contribution in [0.15, 0.2) is 48.5 Å². The summed E-state index contributed by atoms with van der Waals surface area (Å²) in [5, 5.41) is 4.80. The van der Waals surface area contributed by atoms with E-state index in [9.17, 15) is 9.59 Å². The van der Waals surface area contributed by atoms with Crippen molar-refractivity contribution >= 4 is 55.4 Å². The molecule has 0 spiro atoms. The van der Waals surface area contributed by atoms with E-state index in [-0.39, 0.29) is 36.1 Å². The van der Waals surface area contributed by atoms with Crippen LogP contribution >= 0.6 is 0 Å². The highest BCUT2D eigenvalue weighted by atomic mass is 16.5. The molecule has 1 saturated heterocycles. The number of para-hydroxylation sites is 2. The zero-order valence-electron chi connectivity index (χ0n) is 29.3. The van der Waals surface area contributed by atoms with Crippen LogP contribution in [0.5, 0.6) is 0 Å². The van der Waals surface area contributed by atoms with E-state index in [1.54, 1.807) is 0 Å². The van der Waals surface area contributed by atoms with E-state index in [1.807, 2.05) is 64.1 Å². The van der Waals surface area contributed by atoms with Gasteiger partial charge in [-0.05, 0) is 43.2 Å². The molecule has 2 amide bonds. The molecule has 0 saturated carbocycles. The van der Waals surface area contributed by atoms with Gasteiger partial charge >= 0.3 is 0 Å². The van der Waals surface area contributed by atoms with Gasteiger partial charge in [0.2, 0.25) is 0 Å². The van der Waals surface area contributed by atoms with E-state index in [0.717, 1.165) is 62.9 Å². The van der Waals surface area contributed by atoms with Gasteiger partial charge in [0.1, 0.15) is 6.23 Å². The number of rotatable bonds is 6.